The van der Waals surface area contributed by atoms with Gasteiger partial charge in [-0.3, -0.25) is 0 Å². The fourth-order valence-corrected chi connectivity index (χ4v) is 3.54. The monoisotopic (exact) mass is 452 g/mol. The SMILES string of the molecule is CCCCc1nc(Cl)c(C(=O)O)n1Cc1ccc(-c2ccccc2C(=O)O)cc1.[KH]. The molecule has 3 rings (SSSR count). The zero-order valence-corrected chi connectivity index (χ0v) is 16.7. The third kappa shape index (κ3) is 5.60. The number of halogens is 1. The molecular weight excluding hydrogens is 431 g/mol. The number of rotatable bonds is 8. The van der Waals surface area contributed by atoms with E-state index in [0.717, 1.165) is 24.0 Å². The standard InChI is InChI=1S/C22H21ClN2O4.K.H/c1-2-3-8-18-24-20(23)19(22(28)29)25(18)13-14-9-11-15(12-10-14)16-6-4-5-7-17(16)21(26)27;;/h4-7,9-12H,2-3,8,13H2,1H3,(H,26,27)(H,28,29);;. The van der Waals surface area contributed by atoms with E-state index < -0.39 is 11.9 Å². The quantitative estimate of drug-likeness (QED) is 0.496. The predicted molar refractivity (Wildman–Crippen MR) is 118 cm³/mol. The molecule has 8 heteroatoms. The number of unbranched alkanes of at least 4 members (excludes halogenated alkanes) is 1. The van der Waals surface area contributed by atoms with Crippen LogP contribution in [0.1, 0.15) is 52.0 Å². The van der Waals surface area contributed by atoms with Crippen LogP contribution in [0.25, 0.3) is 11.1 Å². The van der Waals surface area contributed by atoms with Gasteiger partial charge in [0.2, 0.25) is 0 Å². The molecule has 0 aliphatic rings. The van der Waals surface area contributed by atoms with Crippen molar-refractivity contribution in [1.29, 1.82) is 0 Å². The van der Waals surface area contributed by atoms with Crippen molar-refractivity contribution in [1.82, 2.24) is 9.55 Å². The van der Waals surface area contributed by atoms with Crippen LogP contribution in [0.5, 0.6) is 0 Å². The fraction of sp³-hybridized carbons (Fsp3) is 0.227. The van der Waals surface area contributed by atoms with E-state index in [1.807, 2.05) is 24.3 Å². The molecule has 6 nitrogen and oxygen atoms in total. The van der Waals surface area contributed by atoms with Crippen LogP contribution in [0.4, 0.5) is 0 Å². The van der Waals surface area contributed by atoms with E-state index in [1.165, 1.54) is 0 Å². The Kier molecular flexibility index (Phi) is 9.27. The summed E-state index contributed by atoms with van der Waals surface area (Å²) in [6.07, 6.45) is 2.50. The van der Waals surface area contributed by atoms with Gasteiger partial charge in [0.1, 0.15) is 5.82 Å². The number of hydrogen-bond donors (Lipinski definition) is 2. The Morgan fingerprint density at radius 2 is 1.70 bits per heavy atom. The van der Waals surface area contributed by atoms with Gasteiger partial charge in [0.15, 0.2) is 10.8 Å². The average molecular weight is 453 g/mol. The molecule has 0 unspecified atom stereocenters. The van der Waals surface area contributed by atoms with Crippen molar-refractivity contribution in [3.63, 3.8) is 0 Å². The van der Waals surface area contributed by atoms with E-state index in [9.17, 15) is 19.8 Å². The van der Waals surface area contributed by atoms with Crippen LogP contribution in [0.2, 0.25) is 5.15 Å². The number of carbonyl (C=O) groups is 2. The summed E-state index contributed by atoms with van der Waals surface area (Å²) >= 11 is 6.07. The third-order valence-electron chi connectivity index (χ3n) is 4.72. The first kappa shape index (κ1) is 24.8. The van der Waals surface area contributed by atoms with Crippen molar-refractivity contribution < 1.29 is 19.8 Å². The molecule has 0 aliphatic carbocycles. The van der Waals surface area contributed by atoms with Crippen LogP contribution in [-0.4, -0.2) is 83.1 Å². The van der Waals surface area contributed by atoms with Crippen molar-refractivity contribution in [3.05, 3.63) is 76.3 Å². The molecule has 0 amide bonds. The Morgan fingerprint density at radius 3 is 2.30 bits per heavy atom. The van der Waals surface area contributed by atoms with Gasteiger partial charge in [-0.1, -0.05) is 67.4 Å². The summed E-state index contributed by atoms with van der Waals surface area (Å²) in [7, 11) is 0. The van der Waals surface area contributed by atoms with Crippen molar-refractivity contribution >= 4 is 74.9 Å². The van der Waals surface area contributed by atoms with E-state index in [1.54, 1.807) is 28.8 Å². The Hall–Kier alpha value is -1.48. The van der Waals surface area contributed by atoms with Gasteiger partial charge in [-0.25, -0.2) is 14.6 Å². The zero-order chi connectivity index (χ0) is 21.0. The Morgan fingerprint density at radius 1 is 1.03 bits per heavy atom. The third-order valence-corrected chi connectivity index (χ3v) is 4.99. The first-order chi connectivity index (χ1) is 13.9. The normalized spacial score (nSPS) is 10.5. The van der Waals surface area contributed by atoms with Crippen LogP contribution in [-0.2, 0) is 13.0 Å². The fourth-order valence-electron chi connectivity index (χ4n) is 3.26. The van der Waals surface area contributed by atoms with Crippen LogP contribution in [0, 0.1) is 0 Å². The topological polar surface area (TPSA) is 92.4 Å². The molecule has 1 aromatic heterocycles. The van der Waals surface area contributed by atoms with Crippen LogP contribution < -0.4 is 0 Å². The summed E-state index contributed by atoms with van der Waals surface area (Å²) in [5, 5.41) is 18.9. The van der Waals surface area contributed by atoms with Gasteiger partial charge in [-0.2, -0.15) is 0 Å². The number of carboxylic acids is 2. The van der Waals surface area contributed by atoms with Crippen molar-refractivity contribution in [2.45, 2.75) is 32.7 Å². The molecule has 2 N–H and O–H groups in total. The van der Waals surface area contributed by atoms with Crippen molar-refractivity contribution in [2.75, 3.05) is 0 Å². The Balaban J connectivity index is 0.00000320. The second-order valence-corrected chi connectivity index (χ2v) is 7.07. The van der Waals surface area contributed by atoms with Gasteiger partial charge >= 0.3 is 63.3 Å². The number of aromatic carboxylic acids is 2. The first-order valence-corrected chi connectivity index (χ1v) is 9.70. The summed E-state index contributed by atoms with van der Waals surface area (Å²) in [4.78, 5) is 27.4. The molecule has 0 radical (unpaired) electrons. The van der Waals surface area contributed by atoms with E-state index in [-0.39, 0.29) is 67.8 Å². The first-order valence-electron chi connectivity index (χ1n) is 9.32. The number of aromatic nitrogens is 2. The molecule has 3 aromatic rings. The Labute approximate surface area is 222 Å². The van der Waals surface area contributed by atoms with Crippen LogP contribution in [0.15, 0.2) is 48.5 Å². The summed E-state index contributed by atoms with van der Waals surface area (Å²) in [6, 6.07) is 14.2. The Bertz CT molecular complexity index is 1050. The molecule has 0 bridgehead atoms. The van der Waals surface area contributed by atoms with Crippen molar-refractivity contribution in [3.8, 4) is 11.1 Å². The number of imidazole rings is 1. The van der Waals surface area contributed by atoms with Gasteiger partial charge in [-0.05, 0) is 29.2 Å². The second-order valence-electron chi connectivity index (χ2n) is 6.71. The number of benzene rings is 2. The molecule has 0 saturated carbocycles. The average Bonchev–Trinajstić information content (AvgIpc) is 3.02. The summed E-state index contributed by atoms with van der Waals surface area (Å²) in [5.74, 6) is -1.45. The van der Waals surface area contributed by atoms with Gasteiger partial charge in [0, 0.05) is 13.0 Å². The summed E-state index contributed by atoms with van der Waals surface area (Å²) in [6.45, 7) is 2.38. The van der Waals surface area contributed by atoms with E-state index in [2.05, 4.69) is 11.9 Å². The molecular formula is C22H22ClKN2O4. The summed E-state index contributed by atoms with van der Waals surface area (Å²) < 4.78 is 1.64. The number of carboxylic acid groups (broad SMARTS) is 2. The van der Waals surface area contributed by atoms with E-state index >= 15 is 0 Å². The minimum absolute atomic E-state index is 0. The maximum absolute atomic E-state index is 11.7. The van der Waals surface area contributed by atoms with Crippen LogP contribution >= 0.6 is 11.6 Å². The molecule has 0 fully saturated rings. The molecule has 1 heterocycles. The number of aryl methyl sites for hydroxylation is 1. The van der Waals surface area contributed by atoms with Crippen LogP contribution in [0.3, 0.4) is 0 Å². The predicted octanol–water partition coefficient (Wildman–Crippen LogP) is 4.34. The molecule has 2 aromatic carbocycles. The van der Waals surface area contributed by atoms with Crippen molar-refractivity contribution in [2.24, 2.45) is 0 Å². The molecule has 152 valence electrons. The maximum atomic E-state index is 11.7. The second kappa shape index (κ2) is 11.2. The molecule has 0 atom stereocenters. The zero-order valence-electron chi connectivity index (χ0n) is 15.9. The molecule has 0 saturated heterocycles. The van der Waals surface area contributed by atoms with Gasteiger partial charge in [-0.15, -0.1) is 0 Å². The molecule has 30 heavy (non-hydrogen) atoms. The number of hydrogen-bond acceptors (Lipinski definition) is 3. The van der Waals surface area contributed by atoms with Gasteiger partial charge in [0.05, 0.1) is 5.56 Å². The molecule has 0 spiro atoms. The minimum atomic E-state index is -1.11. The molecule has 0 aliphatic heterocycles. The van der Waals surface area contributed by atoms with Gasteiger partial charge < -0.3 is 14.8 Å². The van der Waals surface area contributed by atoms with E-state index in [0.29, 0.717) is 24.4 Å². The van der Waals surface area contributed by atoms with Gasteiger partial charge in [0.25, 0.3) is 0 Å². The summed E-state index contributed by atoms with van der Waals surface area (Å²) in [5.41, 5.74) is 2.50. The number of nitrogens with zero attached hydrogens (tertiary/aromatic N) is 2. The van der Waals surface area contributed by atoms with E-state index in [4.69, 9.17) is 11.6 Å².